The minimum Gasteiger partial charge on any atom is -0.486 e. The fraction of sp³-hybridized carbons (Fsp3) is 0.475. The molecule has 14 nitrogen and oxygen atoms in total. The molecule has 296 valence electrons. The molecule has 2 amide bonds. The summed E-state index contributed by atoms with van der Waals surface area (Å²) in [6.07, 6.45) is 9.51. The van der Waals surface area contributed by atoms with Gasteiger partial charge in [0, 0.05) is 30.9 Å². The van der Waals surface area contributed by atoms with Crippen molar-refractivity contribution in [2.75, 3.05) is 25.0 Å². The normalized spacial score (nSPS) is 19.8. The number of carbonyl (C=O) groups excluding carboxylic acids is 1. The number of fused-ring (bicyclic) bond motifs is 1. The Hall–Kier alpha value is -4.89. The number of rotatable bonds is 16. The van der Waals surface area contributed by atoms with Crippen molar-refractivity contribution in [3.8, 4) is 17.4 Å². The maximum atomic E-state index is 13.8. The van der Waals surface area contributed by atoms with E-state index in [1.807, 2.05) is 44.2 Å². The molecule has 4 fully saturated rings. The molecule has 8 rings (SSSR count). The lowest BCUT2D eigenvalue weighted by Crippen LogP contribution is -2.41. The maximum absolute atomic E-state index is 13.8. The van der Waals surface area contributed by atoms with E-state index in [4.69, 9.17) is 21.1 Å². The number of benzene rings is 1. The van der Waals surface area contributed by atoms with Crippen molar-refractivity contribution in [2.24, 2.45) is 22.7 Å². The van der Waals surface area contributed by atoms with Gasteiger partial charge in [0.1, 0.15) is 17.6 Å². The SMILES string of the molecule is CC1(C)C[C@H](CCCNc2ccc(OCc3ccccc3)c(S(=O)(=O)NC(=O)c3ccc(-n4ccc(OCCC5C6(CC6)C56CC6)n4)nc3Cl)n2)CN1C(=O)O. The monoisotopic (exact) mass is 803 g/mol. The van der Waals surface area contributed by atoms with E-state index in [9.17, 15) is 23.1 Å². The zero-order valence-electron chi connectivity index (χ0n) is 31.4. The lowest BCUT2D eigenvalue weighted by atomic mass is 9.93. The average Bonchev–Trinajstić information content (AvgIpc) is 4.12. The maximum Gasteiger partial charge on any atom is 0.407 e. The Labute approximate surface area is 331 Å². The summed E-state index contributed by atoms with van der Waals surface area (Å²) in [5.41, 5.74) is 1.48. The van der Waals surface area contributed by atoms with Gasteiger partial charge in [-0.05, 0) is 118 Å². The molecule has 3 aliphatic carbocycles. The first kappa shape index (κ1) is 38.0. The molecule has 3 N–H and O–H groups in total. The molecule has 4 aliphatic rings. The van der Waals surface area contributed by atoms with E-state index in [0.29, 0.717) is 48.6 Å². The van der Waals surface area contributed by atoms with Gasteiger partial charge >= 0.3 is 6.09 Å². The van der Waals surface area contributed by atoms with Gasteiger partial charge in [-0.3, -0.25) is 4.79 Å². The van der Waals surface area contributed by atoms with Gasteiger partial charge < -0.3 is 24.8 Å². The Morgan fingerprint density at radius 3 is 2.39 bits per heavy atom. The summed E-state index contributed by atoms with van der Waals surface area (Å²) in [6.45, 7) is 5.46. The molecular weight excluding hydrogens is 758 g/mol. The van der Waals surface area contributed by atoms with Gasteiger partial charge in [-0.15, -0.1) is 5.10 Å². The van der Waals surface area contributed by atoms with E-state index >= 15 is 0 Å². The highest BCUT2D eigenvalue weighted by molar-refractivity contribution is 7.90. The third-order valence-electron chi connectivity index (χ3n) is 12.2. The molecule has 1 atom stereocenters. The van der Waals surface area contributed by atoms with Gasteiger partial charge in [0.2, 0.25) is 10.9 Å². The highest BCUT2D eigenvalue weighted by atomic mass is 35.5. The highest BCUT2D eigenvalue weighted by Crippen LogP contribution is 2.93. The molecule has 16 heteroatoms. The summed E-state index contributed by atoms with van der Waals surface area (Å²) in [6, 6.07) is 17.0. The summed E-state index contributed by atoms with van der Waals surface area (Å²) in [5.74, 6) is 1.01. The van der Waals surface area contributed by atoms with E-state index in [1.165, 1.54) is 53.5 Å². The Kier molecular flexibility index (Phi) is 9.88. The predicted molar refractivity (Wildman–Crippen MR) is 208 cm³/mol. The lowest BCUT2D eigenvalue weighted by Gasteiger charge is -2.28. The van der Waals surface area contributed by atoms with Gasteiger partial charge in [0.25, 0.3) is 15.9 Å². The fourth-order valence-corrected chi connectivity index (χ4v) is 10.5. The second kappa shape index (κ2) is 14.6. The summed E-state index contributed by atoms with van der Waals surface area (Å²) >= 11 is 6.46. The molecule has 3 aromatic heterocycles. The summed E-state index contributed by atoms with van der Waals surface area (Å²) < 4.78 is 43.1. The largest absolute Gasteiger partial charge is 0.486 e. The molecule has 0 radical (unpaired) electrons. The zero-order chi connectivity index (χ0) is 39.3. The number of halogens is 1. The second-order valence-electron chi connectivity index (χ2n) is 16.2. The first-order valence-electron chi connectivity index (χ1n) is 19.2. The van der Waals surface area contributed by atoms with Crippen molar-refractivity contribution < 1.29 is 32.6 Å². The van der Waals surface area contributed by atoms with Crippen LogP contribution in [0.3, 0.4) is 0 Å². The number of carboxylic acid groups (broad SMARTS) is 1. The van der Waals surface area contributed by atoms with Crippen molar-refractivity contribution >= 4 is 39.4 Å². The van der Waals surface area contributed by atoms with Crippen molar-refractivity contribution in [1.82, 2.24) is 29.4 Å². The van der Waals surface area contributed by atoms with Crippen LogP contribution in [0.4, 0.5) is 10.6 Å². The van der Waals surface area contributed by atoms with Crippen molar-refractivity contribution in [2.45, 2.75) is 82.4 Å². The topological polar surface area (TPSA) is 178 Å². The molecule has 2 spiro atoms. The number of amides is 2. The smallest absolute Gasteiger partial charge is 0.407 e. The first-order valence-corrected chi connectivity index (χ1v) is 21.0. The quantitative estimate of drug-likeness (QED) is 0.0790. The van der Waals surface area contributed by atoms with Crippen molar-refractivity contribution in [1.29, 1.82) is 0 Å². The molecule has 56 heavy (non-hydrogen) atoms. The molecule has 1 aliphatic heterocycles. The Morgan fingerprint density at radius 1 is 0.964 bits per heavy atom. The van der Waals surface area contributed by atoms with Crippen LogP contribution in [0.15, 0.2) is 71.9 Å². The predicted octanol–water partition coefficient (Wildman–Crippen LogP) is 6.94. The van der Waals surface area contributed by atoms with Crippen LogP contribution in [0.1, 0.15) is 81.1 Å². The number of aromatic nitrogens is 4. The van der Waals surface area contributed by atoms with Crippen LogP contribution < -0.4 is 19.5 Å². The minimum absolute atomic E-state index is 0.0471. The van der Waals surface area contributed by atoms with Crippen molar-refractivity contribution in [3.63, 3.8) is 0 Å². The van der Waals surface area contributed by atoms with Crippen LogP contribution in [-0.2, 0) is 16.6 Å². The third-order valence-corrected chi connectivity index (χ3v) is 13.7. The van der Waals surface area contributed by atoms with E-state index < -0.39 is 32.6 Å². The average molecular weight is 804 g/mol. The number of hydrogen-bond donors (Lipinski definition) is 3. The number of carbonyl (C=O) groups is 2. The highest BCUT2D eigenvalue weighted by Gasteiger charge is 2.85. The van der Waals surface area contributed by atoms with Gasteiger partial charge in [-0.2, -0.15) is 8.42 Å². The Morgan fingerprint density at radius 2 is 1.71 bits per heavy atom. The molecule has 0 bridgehead atoms. The molecule has 3 saturated carbocycles. The Balaban J connectivity index is 0.909. The molecule has 0 unspecified atom stereocenters. The van der Waals surface area contributed by atoms with E-state index in [2.05, 4.69) is 25.1 Å². The van der Waals surface area contributed by atoms with Gasteiger partial charge in [-0.1, -0.05) is 41.9 Å². The third kappa shape index (κ3) is 7.50. The standard InChI is InChI=1S/C40H46ClN7O7S/c1-38(2)23-27(24-47(38)37(50)51)9-6-20-42-31-12-11-29(55-25-26-7-4-3-5-8-26)36(43-31)56(52,53)46-35(49)28-10-13-32(44-34(28)41)48-21-14-33(45-48)54-22-15-30-39(16-17-39)40(30)18-19-40/h3-5,7-8,10-14,21,27,30H,6,9,15-20,22-25H2,1-2H3,(H,42,43)(H,46,49)(H,50,51)/t27-/m0/s1. The molecule has 4 aromatic rings. The van der Waals surface area contributed by atoms with E-state index in [-0.39, 0.29) is 34.8 Å². The summed E-state index contributed by atoms with van der Waals surface area (Å²) in [5, 5.41) is 16.5. The zero-order valence-corrected chi connectivity index (χ0v) is 33.0. The van der Waals surface area contributed by atoms with E-state index in [0.717, 1.165) is 30.7 Å². The van der Waals surface area contributed by atoms with Crippen LogP contribution in [0.5, 0.6) is 11.6 Å². The number of nitrogens with zero attached hydrogens (tertiary/aromatic N) is 5. The first-order chi connectivity index (χ1) is 26.8. The molecular formula is C40H46ClN7O7S. The number of sulfonamides is 1. The van der Waals surface area contributed by atoms with Crippen LogP contribution in [-0.4, -0.2) is 75.4 Å². The van der Waals surface area contributed by atoms with Crippen LogP contribution in [0.25, 0.3) is 5.82 Å². The van der Waals surface area contributed by atoms with Gasteiger partial charge in [0.15, 0.2) is 11.6 Å². The number of likely N-dealkylation sites (tertiary alicyclic amines) is 1. The van der Waals surface area contributed by atoms with Gasteiger partial charge in [-0.25, -0.2) is 24.2 Å². The minimum atomic E-state index is -4.59. The lowest BCUT2D eigenvalue weighted by molar-refractivity contribution is 0.0980. The van der Waals surface area contributed by atoms with Crippen LogP contribution in [0, 0.1) is 22.7 Å². The van der Waals surface area contributed by atoms with Crippen molar-refractivity contribution in [3.05, 3.63) is 83.1 Å². The fourth-order valence-electron chi connectivity index (χ4n) is 9.18. The number of anilines is 1. The molecule has 1 aromatic carbocycles. The number of ether oxygens (including phenoxy) is 2. The summed E-state index contributed by atoms with van der Waals surface area (Å²) in [7, 11) is -4.59. The second-order valence-corrected chi connectivity index (χ2v) is 18.1. The Bertz CT molecular complexity index is 2220. The van der Waals surface area contributed by atoms with E-state index in [1.54, 1.807) is 18.3 Å². The molecule has 4 heterocycles. The van der Waals surface area contributed by atoms with Gasteiger partial charge in [0.05, 0.1) is 12.2 Å². The van der Waals surface area contributed by atoms with Crippen LogP contribution >= 0.6 is 11.6 Å². The molecule has 1 saturated heterocycles. The number of pyridine rings is 2. The summed E-state index contributed by atoms with van der Waals surface area (Å²) in [4.78, 5) is 35.2. The number of hydrogen-bond acceptors (Lipinski definition) is 10. The number of nitrogens with one attached hydrogen (secondary N) is 2. The van der Waals surface area contributed by atoms with Crippen LogP contribution in [0.2, 0.25) is 5.15 Å².